The summed E-state index contributed by atoms with van der Waals surface area (Å²) in [5, 5.41) is 7.17. The van der Waals surface area contributed by atoms with E-state index in [1.54, 1.807) is 0 Å². The number of benzene rings is 1. The minimum atomic E-state index is -0.569. The summed E-state index contributed by atoms with van der Waals surface area (Å²) in [6, 6.07) is 8.42. The number of hydrogen-bond donors (Lipinski definition) is 1. The Hall–Kier alpha value is -2.21. The lowest BCUT2D eigenvalue weighted by Gasteiger charge is -2.35. The predicted molar refractivity (Wildman–Crippen MR) is 86.3 cm³/mol. The molecule has 1 N–H and O–H groups in total. The van der Waals surface area contributed by atoms with E-state index in [9.17, 15) is 4.79 Å². The van der Waals surface area contributed by atoms with Gasteiger partial charge in [-0.25, -0.2) is 0 Å². The van der Waals surface area contributed by atoms with E-state index in [1.165, 1.54) is 17.5 Å². The van der Waals surface area contributed by atoms with Gasteiger partial charge in [-0.15, -0.1) is 0 Å². The van der Waals surface area contributed by atoms with E-state index in [0.717, 1.165) is 12.8 Å². The molecule has 1 aromatic heterocycles. The number of aryl methyl sites for hydroxylation is 1. The Bertz CT molecular complexity index is 708. The second-order valence-electron chi connectivity index (χ2n) is 6.64. The fourth-order valence-electron chi connectivity index (χ4n) is 3.90. The van der Waals surface area contributed by atoms with Crippen molar-refractivity contribution < 1.29 is 14.1 Å². The van der Waals surface area contributed by atoms with Crippen molar-refractivity contribution in [2.45, 2.75) is 43.6 Å². The summed E-state index contributed by atoms with van der Waals surface area (Å²) in [5.74, 6) is 0.887. The lowest BCUT2D eigenvalue weighted by atomic mass is 9.88. The lowest BCUT2D eigenvalue weighted by molar-refractivity contribution is -0.125. The van der Waals surface area contributed by atoms with E-state index in [4.69, 9.17) is 9.26 Å². The van der Waals surface area contributed by atoms with E-state index in [0.29, 0.717) is 44.2 Å². The van der Waals surface area contributed by atoms with Crippen LogP contribution in [-0.4, -0.2) is 29.3 Å². The Labute approximate surface area is 140 Å². The van der Waals surface area contributed by atoms with Gasteiger partial charge >= 0.3 is 0 Å². The molecule has 1 unspecified atom stereocenters. The fourth-order valence-corrected chi connectivity index (χ4v) is 3.90. The molecule has 1 aliphatic carbocycles. The van der Waals surface area contributed by atoms with E-state index in [1.807, 2.05) is 6.07 Å². The standard InChI is InChI=1S/C18H21N3O3/c22-16(11-14-6-5-13-3-1-2-4-15(13)14)20-18(7-9-23-10-8-18)17-19-12-24-21-17/h1-4,12,14H,5-11H2,(H,20,22). The topological polar surface area (TPSA) is 77.3 Å². The van der Waals surface area contributed by atoms with Crippen molar-refractivity contribution in [1.82, 2.24) is 15.5 Å². The van der Waals surface area contributed by atoms with Gasteiger partial charge in [0.25, 0.3) is 0 Å². The maximum atomic E-state index is 12.7. The van der Waals surface area contributed by atoms with Gasteiger partial charge < -0.3 is 14.6 Å². The zero-order chi connectivity index (χ0) is 16.4. The molecule has 126 valence electrons. The molecule has 1 saturated heterocycles. The first kappa shape index (κ1) is 15.3. The number of nitrogens with one attached hydrogen (secondary N) is 1. The summed E-state index contributed by atoms with van der Waals surface area (Å²) < 4.78 is 10.3. The largest absolute Gasteiger partial charge is 0.381 e. The van der Waals surface area contributed by atoms with Crippen LogP contribution in [-0.2, 0) is 21.5 Å². The van der Waals surface area contributed by atoms with E-state index < -0.39 is 5.54 Å². The van der Waals surface area contributed by atoms with Crippen LogP contribution >= 0.6 is 0 Å². The van der Waals surface area contributed by atoms with Crippen LogP contribution in [0.3, 0.4) is 0 Å². The van der Waals surface area contributed by atoms with E-state index in [-0.39, 0.29) is 5.91 Å². The highest BCUT2D eigenvalue weighted by molar-refractivity contribution is 5.78. The highest BCUT2D eigenvalue weighted by Gasteiger charge is 2.40. The number of nitrogens with zero attached hydrogens (tertiary/aromatic N) is 2. The third-order valence-electron chi connectivity index (χ3n) is 5.20. The van der Waals surface area contributed by atoms with Crippen molar-refractivity contribution >= 4 is 5.91 Å². The minimum Gasteiger partial charge on any atom is -0.381 e. The summed E-state index contributed by atoms with van der Waals surface area (Å²) in [6.07, 6.45) is 5.23. The smallest absolute Gasteiger partial charge is 0.221 e. The van der Waals surface area contributed by atoms with Crippen molar-refractivity contribution in [3.8, 4) is 0 Å². The van der Waals surface area contributed by atoms with Crippen LogP contribution < -0.4 is 5.32 Å². The van der Waals surface area contributed by atoms with Crippen LogP contribution in [0, 0.1) is 0 Å². The van der Waals surface area contributed by atoms with Crippen molar-refractivity contribution in [2.24, 2.45) is 0 Å². The normalized spacial score (nSPS) is 22.1. The maximum absolute atomic E-state index is 12.7. The molecule has 2 aromatic rings. The molecule has 24 heavy (non-hydrogen) atoms. The molecule has 2 heterocycles. The van der Waals surface area contributed by atoms with Gasteiger partial charge in [0, 0.05) is 32.5 Å². The van der Waals surface area contributed by atoms with Gasteiger partial charge in [-0.1, -0.05) is 29.4 Å². The molecule has 6 heteroatoms. The fraction of sp³-hybridized carbons (Fsp3) is 0.500. The molecule has 0 radical (unpaired) electrons. The van der Waals surface area contributed by atoms with Crippen LogP contribution in [0.15, 0.2) is 35.2 Å². The Balaban J connectivity index is 1.48. The SMILES string of the molecule is O=C(CC1CCc2ccccc21)NC1(c2ncon2)CCOCC1. The number of ether oxygens (including phenoxy) is 1. The molecule has 0 saturated carbocycles. The molecular formula is C18H21N3O3. The summed E-state index contributed by atoms with van der Waals surface area (Å²) in [4.78, 5) is 16.9. The number of carbonyl (C=O) groups is 1. The number of hydrogen-bond acceptors (Lipinski definition) is 5. The van der Waals surface area contributed by atoms with E-state index >= 15 is 0 Å². The quantitative estimate of drug-likeness (QED) is 0.932. The van der Waals surface area contributed by atoms with Crippen molar-refractivity contribution in [3.63, 3.8) is 0 Å². The first-order valence-corrected chi connectivity index (χ1v) is 8.50. The van der Waals surface area contributed by atoms with Crippen molar-refractivity contribution in [2.75, 3.05) is 13.2 Å². The molecule has 0 bridgehead atoms. The average Bonchev–Trinajstić information content (AvgIpc) is 3.26. The monoisotopic (exact) mass is 327 g/mol. The van der Waals surface area contributed by atoms with Gasteiger partial charge in [0.2, 0.25) is 12.3 Å². The first-order chi connectivity index (χ1) is 11.8. The van der Waals surface area contributed by atoms with Gasteiger partial charge in [0.05, 0.1) is 0 Å². The Morgan fingerprint density at radius 1 is 1.29 bits per heavy atom. The number of rotatable bonds is 4. The predicted octanol–water partition coefficient (Wildman–Crippen LogP) is 2.31. The summed E-state index contributed by atoms with van der Waals surface area (Å²) >= 11 is 0. The van der Waals surface area contributed by atoms with Crippen molar-refractivity contribution in [1.29, 1.82) is 0 Å². The summed E-state index contributed by atoms with van der Waals surface area (Å²) in [6.45, 7) is 1.17. The second kappa shape index (κ2) is 6.36. The molecule has 1 atom stereocenters. The van der Waals surface area contributed by atoms with Crippen LogP contribution in [0.5, 0.6) is 0 Å². The Morgan fingerprint density at radius 2 is 2.12 bits per heavy atom. The summed E-state index contributed by atoms with van der Waals surface area (Å²) in [5.41, 5.74) is 2.11. The number of aromatic nitrogens is 2. The van der Waals surface area contributed by atoms with Crippen molar-refractivity contribution in [3.05, 3.63) is 47.6 Å². The number of amides is 1. The van der Waals surface area contributed by atoms with E-state index in [2.05, 4.69) is 33.7 Å². The zero-order valence-corrected chi connectivity index (χ0v) is 13.5. The maximum Gasteiger partial charge on any atom is 0.221 e. The molecule has 1 amide bonds. The van der Waals surface area contributed by atoms with Crippen LogP contribution in [0.2, 0.25) is 0 Å². The van der Waals surface area contributed by atoms with Crippen LogP contribution in [0.1, 0.15) is 48.6 Å². The highest BCUT2D eigenvalue weighted by Crippen LogP contribution is 2.36. The van der Waals surface area contributed by atoms with Gasteiger partial charge in [0.1, 0.15) is 5.54 Å². The molecule has 4 rings (SSSR count). The Kier molecular flexibility index (Phi) is 4.06. The number of fused-ring (bicyclic) bond motifs is 1. The second-order valence-corrected chi connectivity index (χ2v) is 6.64. The minimum absolute atomic E-state index is 0.0448. The molecule has 6 nitrogen and oxygen atoms in total. The summed E-state index contributed by atoms with van der Waals surface area (Å²) in [7, 11) is 0. The lowest BCUT2D eigenvalue weighted by Crippen LogP contribution is -2.50. The Morgan fingerprint density at radius 3 is 2.92 bits per heavy atom. The molecular weight excluding hydrogens is 306 g/mol. The first-order valence-electron chi connectivity index (χ1n) is 8.50. The molecule has 1 aliphatic heterocycles. The number of carbonyl (C=O) groups excluding carboxylic acids is 1. The average molecular weight is 327 g/mol. The van der Waals surface area contributed by atoms with Crippen LogP contribution in [0.25, 0.3) is 0 Å². The third-order valence-corrected chi connectivity index (χ3v) is 5.20. The van der Waals surface area contributed by atoms with Gasteiger partial charge in [-0.3, -0.25) is 4.79 Å². The third kappa shape index (κ3) is 2.82. The van der Waals surface area contributed by atoms with Crippen LogP contribution in [0.4, 0.5) is 0 Å². The van der Waals surface area contributed by atoms with Gasteiger partial charge in [0.15, 0.2) is 5.82 Å². The molecule has 1 aromatic carbocycles. The van der Waals surface area contributed by atoms with Gasteiger partial charge in [-0.2, -0.15) is 4.98 Å². The highest BCUT2D eigenvalue weighted by atomic mass is 16.5. The molecule has 1 fully saturated rings. The zero-order valence-electron chi connectivity index (χ0n) is 13.5. The molecule has 0 spiro atoms. The molecule has 2 aliphatic rings. The van der Waals surface area contributed by atoms with Gasteiger partial charge in [-0.05, 0) is 29.9 Å².